The van der Waals surface area contributed by atoms with Gasteiger partial charge in [-0.3, -0.25) is 0 Å². The molecule has 3 aromatic carbocycles. The molecule has 0 bridgehead atoms. The molecule has 0 aliphatic heterocycles. The number of amides is 1. The molecular formula is C29H25N5O2. The van der Waals surface area contributed by atoms with Gasteiger partial charge in [0.25, 0.3) is 0 Å². The van der Waals surface area contributed by atoms with Gasteiger partial charge in [0, 0.05) is 11.8 Å². The molecule has 1 amide bonds. The number of carbonyl (C=O) groups is 1. The van der Waals surface area contributed by atoms with Crippen LogP contribution in [-0.4, -0.2) is 26.1 Å². The van der Waals surface area contributed by atoms with Crippen LogP contribution in [0.3, 0.4) is 0 Å². The molecule has 0 aliphatic carbocycles. The van der Waals surface area contributed by atoms with Crippen molar-refractivity contribution in [3.63, 3.8) is 0 Å². The van der Waals surface area contributed by atoms with Gasteiger partial charge in [-0.15, -0.1) is 10.2 Å². The highest BCUT2D eigenvalue weighted by atomic mass is 16.5. The fourth-order valence-electron chi connectivity index (χ4n) is 3.96. The minimum atomic E-state index is -0.502. The van der Waals surface area contributed by atoms with E-state index in [4.69, 9.17) is 4.74 Å². The van der Waals surface area contributed by atoms with Crippen molar-refractivity contribution >= 4 is 6.09 Å². The van der Waals surface area contributed by atoms with Crippen LogP contribution in [0.25, 0.3) is 17.1 Å². The molecule has 0 spiro atoms. The molecule has 5 rings (SSSR count). The van der Waals surface area contributed by atoms with E-state index in [1.807, 2.05) is 109 Å². The first-order valence-electron chi connectivity index (χ1n) is 11.7. The Kier molecular flexibility index (Phi) is 7.09. The first-order valence-corrected chi connectivity index (χ1v) is 11.7. The SMILES string of the molecule is O=C(N[C@@H](Cc1ccccc1)c1ccnn1-c1ccc(-c2ccccc2)nn1)OCc1ccccc1. The van der Waals surface area contributed by atoms with E-state index < -0.39 is 12.1 Å². The van der Waals surface area contributed by atoms with Gasteiger partial charge in [0.1, 0.15) is 6.61 Å². The zero-order valence-corrected chi connectivity index (χ0v) is 19.6. The summed E-state index contributed by atoms with van der Waals surface area (Å²) in [6, 6.07) is 34.7. The quantitative estimate of drug-likeness (QED) is 0.319. The van der Waals surface area contributed by atoms with E-state index in [9.17, 15) is 4.79 Å². The number of alkyl carbamates (subject to hydrolysis) is 1. The Hall–Kier alpha value is -4.78. The van der Waals surface area contributed by atoms with Crippen molar-refractivity contribution in [1.29, 1.82) is 0 Å². The average molecular weight is 476 g/mol. The van der Waals surface area contributed by atoms with E-state index in [0.717, 1.165) is 28.1 Å². The molecule has 36 heavy (non-hydrogen) atoms. The highest BCUT2D eigenvalue weighted by molar-refractivity contribution is 5.68. The van der Waals surface area contributed by atoms with Crippen LogP contribution in [-0.2, 0) is 17.8 Å². The molecule has 0 unspecified atom stereocenters. The number of nitrogens with zero attached hydrogens (tertiary/aromatic N) is 4. The predicted molar refractivity (Wildman–Crippen MR) is 137 cm³/mol. The molecule has 0 radical (unpaired) electrons. The largest absolute Gasteiger partial charge is 0.445 e. The Labute approximate surface area is 209 Å². The van der Waals surface area contributed by atoms with Gasteiger partial charge in [-0.25, -0.2) is 9.48 Å². The molecule has 5 aromatic rings. The summed E-state index contributed by atoms with van der Waals surface area (Å²) in [5.41, 5.74) is 4.53. The van der Waals surface area contributed by atoms with Crippen LogP contribution >= 0.6 is 0 Å². The van der Waals surface area contributed by atoms with E-state index in [-0.39, 0.29) is 6.61 Å². The van der Waals surface area contributed by atoms with E-state index >= 15 is 0 Å². The van der Waals surface area contributed by atoms with E-state index in [2.05, 4.69) is 20.6 Å². The molecule has 2 aromatic heterocycles. The van der Waals surface area contributed by atoms with Crippen LogP contribution in [0.15, 0.2) is 115 Å². The second-order valence-corrected chi connectivity index (χ2v) is 8.26. The Bertz CT molecular complexity index is 1390. The van der Waals surface area contributed by atoms with Gasteiger partial charge in [0.2, 0.25) is 0 Å². The third kappa shape index (κ3) is 5.64. The van der Waals surface area contributed by atoms with Crippen LogP contribution in [0.5, 0.6) is 0 Å². The summed E-state index contributed by atoms with van der Waals surface area (Å²) in [7, 11) is 0. The topological polar surface area (TPSA) is 81.9 Å². The van der Waals surface area contributed by atoms with Gasteiger partial charge in [0.05, 0.1) is 17.4 Å². The molecule has 0 aliphatic rings. The fourth-order valence-corrected chi connectivity index (χ4v) is 3.96. The maximum absolute atomic E-state index is 12.8. The molecule has 0 saturated heterocycles. The van der Waals surface area contributed by atoms with Crippen molar-refractivity contribution < 1.29 is 9.53 Å². The summed E-state index contributed by atoms with van der Waals surface area (Å²) < 4.78 is 7.20. The van der Waals surface area contributed by atoms with E-state index in [0.29, 0.717) is 12.2 Å². The number of aromatic nitrogens is 4. The molecule has 0 saturated carbocycles. The van der Waals surface area contributed by atoms with Crippen molar-refractivity contribution in [2.24, 2.45) is 0 Å². The minimum Gasteiger partial charge on any atom is -0.445 e. The third-order valence-electron chi connectivity index (χ3n) is 5.75. The summed E-state index contributed by atoms with van der Waals surface area (Å²) in [4.78, 5) is 12.8. The summed E-state index contributed by atoms with van der Waals surface area (Å²) in [5.74, 6) is 0.562. The van der Waals surface area contributed by atoms with Gasteiger partial charge in [-0.2, -0.15) is 5.10 Å². The molecule has 7 nitrogen and oxygen atoms in total. The zero-order chi connectivity index (χ0) is 24.6. The monoisotopic (exact) mass is 475 g/mol. The lowest BCUT2D eigenvalue weighted by atomic mass is 10.0. The summed E-state index contributed by atoms with van der Waals surface area (Å²) in [6.07, 6.45) is 1.75. The number of rotatable bonds is 8. The molecule has 0 fully saturated rings. The van der Waals surface area contributed by atoms with Crippen molar-refractivity contribution in [2.75, 3.05) is 0 Å². The molecule has 178 valence electrons. The second-order valence-electron chi connectivity index (χ2n) is 8.26. The summed E-state index contributed by atoms with van der Waals surface area (Å²) >= 11 is 0. The fraction of sp³-hybridized carbons (Fsp3) is 0.103. The van der Waals surface area contributed by atoms with Crippen LogP contribution in [0.1, 0.15) is 22.9 Å². The predicted octanol–water partition coefficient (Wildman–Crippen LogP) is 5.54. The Balaban J connectivity index is 1.38. The van der Waals surface area contributed by atoms with Gasteiger partial charge in [0.15, 0.2) is 5.82 Å². The molecular weight excluding hydrogens is 450 g/mol. The summed E-state index contributed by atoms with van der Waals surface area (Å²) in [5, 5.41) is 16.3. The Morgan fingerprint density at radius 2 is 1.44 bits per heavy atom. The molecule has 7 heteroatoms. The average Bonchev–Trinajstić information content (AvgIpc) is 3.43. The number of hydrogen-bond donors (Lipinski definition) is 1. The number of nitrogens with one attached hydrogen (secondary N) is 1. The van der Waals surface area contributed by atoms with Crippen LogP contribution < -0.4 is 5.32 Å². The minimum absolute atomic E-state index is 0.191. The smallest absolute Gasteiger partial charge is 0.408 e. The van der Waals surface area contributed by atoms with Gasteiger partial charge < -0.3 is 10.1 Å². The Morgan fingerprint density at radius 1 is 0.778 bits per heavy atom. The molecule has 1 atom stereocenters. The highest BCUT2D eigenvalue weighted by Gasteiger charge is 2.22. The van der Waals surface area contributed by atoms with Crippen LogP contribution in [0, 0.1) is 0 Å². The first-order chi connectivity index (χ1) is 17.8. The lowest BCUT2D eigenvalue weighted by Crippen LogP contribution is -2.32. The zero-order valence-electron chi connectivity index (χ0n) is 19.6. The van der Waals surface area contributed by atoms with Crippen molar-refractivity contribution in [1.82, 2.24) is 25.3 Å². The number of benzene rings is 3. The van der Waals surface area contributed by atoms with Crippen molar-refractivity contribution in [3.8, 4) is 17.1 Å². The van der Waals surface area contributed by atoms with Gasteiger partial charge >= 0.3 is 6.09 Å². The van der Waals surface area contributed by atoms with Gasteiger partial charge in [-0.05, 0) is 35.7 Å². The Morgan fingerprint density at radius 3 is 2.11 bits per heavy atom. The molecule has 1 N–H and O–H groups in total. The van der Waals surface area contributed by atoms with E-state index in [1.165, 1.54) is 0 Å². The van der Waals surface area contributed by atoms with E-state index in [1.54, 1.807) is 10.9 Å². The summed E-state index contributed by atoms with van der Waals surface area (Å²) in [6.45, 7) is 0.191. The standard InChI is InChI=1S/C29H25N5O2/c35-29(36-21-23-12-6-2-7-13-23)31-26(20-22-10-4-1-5-11-22)27-18-19-30-34(27)28-17-16-25(32-33-28)24-14-8-3-9-15-24/h1-19,26H,20-21H2,(H,31,35)/t26-/m0/s1. The number of hydrogen-bond acceptors (Lipinski definition) is 5. The highest BCUT2D eigenvalue weighted by Crippen LogP contribution is 2.22. The third-order valence-corrected chi connectivity index (χ3v) is 5.75. The normalized spacial score (nSPS) is 11.6. The first kappa shape index (κ1) is 23.0. The lowest BCUT2D eigenvalue weighted by molar-refractivity contribution is 0.135. The van der Waals surface area contributed by atoms with Gasteiger partial charge in [-0.1, -0.05) is 91.0 Å². The van der Waals surface area contributed by atoms with Crippen LogP contribution in [0.4, 0.5) is 4.79 Å². The van der Waals surface area contributed by atoms with Crippen molar-refractivity contribution in [3.05, 3.63) is 132 Å². The number of ether oxygens (including phenoxy) is 1. The second kappa shape index (κ2) is 11.1. The molecule has 2 heterocycles. The van der Waals surface area contributed by atoms with Crippen LogP contribution in [0.2, 0.25) is 0 Å². The maximum Gasteiger partial charge on any atom is 0.408 e. The number of carbonyl (C=O) groups excluding carboxylic acids is 1. The maximum atomic E-state index is 12.8. The van der Waals surface area contributed by atoms with Crippen molar-refractivity contribution in [2.45, 2.75) is 19.1 Å². The lowest BCUT2D eigenvalue weighted by Gasteiger charge is -2.20.